The monoisotopic (exact) mass is 252 g/mol. The first kappa shape index (κ1) is 13.4. The smallest absolute Gasteiger partial charge is 0.314 e. The number of halogens is 3. The van der Waals surface area contributed by atoms with Crippen molar-refractivity contribution in [3.8, 4) is 0 Å². The Morgan fingerprint density at radius 2 is 2.25 bits per heavy atom. The van der Waals surface area contributed by atoms with Crippen molar-refractivity contribution in [1.29, 1.82) is 0 Å². The van der Waals surface area contributed by atoms with Crippen LogP contribution in [-0.2, 0) is 6.42 Å². The molecule has 0 spiro atoms. The number of alkyl halides is 3. The van der Waals surface area contributed by atoms with Gasteiger partial charge in [0.05, 0.1) is 5.51 Å². The van der Waals surface area contributed by atoms with E-state index in [9.17, 15) is 13.2 Å². The van der Waals surface area contributed by atoms with Crippen molar-refractivity contribution in [3.63, 3.8) is 0 Å². The third-order valence-corrected chi connectivity index (χ3v) is 3.00. The Labute approximate surface area is 96.9 Å². The Morgan fingerprint density at radius 1 is 1.50 bits per heavy atom. The summed E-state index contributed by atoms with van der Waals surface area (Å²) >= 11 is 1.48. The van der Waals surface area contributed by atoms with Crippen LogP contribution >= 0.6 is 11.3 Å². The van der Waals surface area contributed by atoms with Gasteiger partial charge in [0, 0.05) is 23.5 Å². The van der Waals surface area contributed by atoms with Crippen molar-refractivity contribution < 1.29 is 13.2 Å². The lowest BCUT2D eigenvalue weighted by Gasteiger charge is -2.17. The molecule has 1 aromatic heterocycles. The maximum Gasteiger partial charge on any atom is 0.389 e. The van der Waals surface area contributed by atoms with Gasteiger partial charge in [-0.15, -0.1) is 11.3 Å². The summed E-state index contributed by atoms with van der Waals surface area (Å²) in [6.07, 6.45) is -2.35. The Hall–Kier alpha value is -0.620. The number of nitrogens with one attached hydrogen (secondary N) is 1. The molecular weight excluding hydrogens is 237 g/mol. The van der Waals surface area contributed by atoms with Crippen LogP contribution in [0.5, 0.6) is 0 Å². The van der Waals surface area contributed by atoms with E-state index < -0.39 is 12.6 Å². The summed E-state index contributed by atoms with van der Waals surface area (Å²) < 4.78 is 36.3. The Balaban J connectivity index is 2.41. The summed E-state index contributed by atoms with van der Waals surface area (Å²) in [5.41, 5.74) is 1.70. The normalized spacial score (nSPS) is 14.0. The zero-order chi connectivity index (χ0) is 12.0. The fourth-order valence-electron chi connectivity index (χ4n) is 1.49. The predicted molar refractivity (Wildman–Crippen MR) is 58.6 cm³/mol. The molecule has 0 bridgehead atoms. The summed E-state index contributed by atoms with van der Waals surface area (Å²) in [5.74, 6) is 0. The topological polar surface area (TPSA) is 24.9 Å². The Morgan fingerprint density at radius 3 is 2.75 bits per heavy atom. The van der Waals surface area contributed by atoms with Crippen molar-refractivity contribution in [2.45, 2.75) is 38.4 Å². The van der Waals surface area contributed by atoms with Crippen LogP contribution in [0.1, 0.15) is 24.6 Å². The highest BCUT2D eigenvalue weighted by atomic mass is 32.1. The van der Waals surface area contributed by atoms with E-state index >= 15 is 0 Å². The van der Waals surface area contributed by atoms with E-state index in [4.69, 9.17) is 0 Å². The summed E-state index contributed by atoms with van der Waals surface area (Å²) in [6.45, 7) is 2.58. The van der Waals surface area contributed by atoms with Crippen molar-refractivity contribution in [2.24, 2.45) is 0 Å². The molecule has 1 heterocycles. The van der Waals surface area contributed by atoms with Gasteiger partial charge < -0.3 is 5.32 Å². The number of hydrogen-bond donors (Lipinski definition) is 1. The molecule has 1 N–H and O–H groups in total. The Kier molecular flexibility index (Phi) is 5.21. The van der Waals surface area contributed by atoms with Crippen LogP contribution in [-0.4, -0.2) is 23.7 Å². The minimum absolute atomic E-state index is 0.118. The average molecular weight is 252 g/mol. The fourth-order valence-corrected chi connectivity index (χ4v) is 2.16. The Bertz CT molecular complexity index is 285. The molecule has 0 amide bonds. The molecule has 0 radical (unpaired) electrons. The van der Waals surface area contributed by atoms with Gasteiger partial charge in [-0.3, -0.25) is 4.98 Å². The molecule has 1 rings (SSSR count). The van der Waals surface area contributed by atoms with E-state index in [1.807, 2.05) is 6.92 Å². The second-order valence-corrected chi connectivity index (χ2v) is 4.55. The number of thiazole rings is 1. The third kappa shape index (κ3) is 5.46. The van der Waals surface area contributed by atoms with Crippen LogP contribution in [0, 0.1) is 0 Å². The molecule has 1 atom stereocenters. The van der Waals surface area contributed by atoms with Gasteiger partial charge in [0.15, 0.2) is 0 Å². The standard InChI is InChI=1S/C10H15F3N2S/c1-2-15-8(3-4-10(11,12)13)5-9-6-14-7-16-9/h6-8,15H,2-5H2,1H3. The summed E-state index contributed by atoms with van der Waals surface area (Å²) in [5, 5.41) is 3.07. The van der Waals surface area contributed by atoms with Crippen LogP contribution in [0.25, 0.3) is 0 Å². The minimum Gasteiger partial charge on any atom is -0.314 e. The van der Waals surface area contributed by atoms with E-state index in [0.717, 1.165) is 4.88 Å². The van der Waals surface area contributed by atoms with Crippen LogP contribution < -0.4 is 5.32 Å². The van der Waals surface area contributed by atoms with Crippen LogP contribution in [0.3, 0.4) is 0 Å². The van der Waals surface area contributed by atoms with Gasteiger partial charge in [-0.2, -0.15) is 13.2 Å². The van der Waals surface area contributed by atoms with Crippen molar-refractivity contribution in [2.75, 3.05) is 6.54 Å². The van der Waals surface area contributed by atoms with Crippen LogP contribution in [0.15, 0.2) is 11.7 Å². The predicted octanol–water partition coefficient (Wildman–Crippen LogP) is 3.01. The first-order valence-electron chi connectivity index (χ1n) is 5.18. The van der Waals surface area contributed by atoms with Gasteiger partial charge in [-0.25, -0.2) is 0 Å². The van der Waals surface area contributed by atoms with Gasteiger partial charge in [0.2, 0.25) is 0 Å². The zero-order valence-electron chi connectivity index (χ0n) is 9.05. The van der Waals surface area contributed by atoms with Crippen molar-refractivity contribution in [1.82, 2.24) is 10.3 Å². The van der Waals surface area contributed by atoms with Gasteiger partial charge in [0.25, 0.3) is 0 Å². The van der Waals surface area contributed by atoms with E-state index in [1.165, 1.54) is 11.3 Å². The van der Waals surface area contributed by atoms with Gasteiger partial charge in [-0.1, -0.05) is 6.92 Å². The second kappa shape index (κ2) is 6.20. The van der Waals surface area contributed by atoms with E-state index in [-0.39, 0.29) is 12.5 Å². The molecule has 1 aromatic rings. The second-order valence-electron chi connectivity index (χ2n) is 3.58. The molecule has 0 fully saturated rings. The lowest BCUT2D eigenvalue weighted by molar-refractivity contribution is -0.136. The number of aromatic nitrogens is 1. The summed E-state index contributed by atoms with van der Waals surface area (Å²) in [6, 6.07) is -0.118. The fraction of sp³-hybridized carbons (Fsp3) is 0.700. The molecular formula is C10H15F3N2S. The largest absolute Gasteiger partial charge is 0.389 e. The number of nitrogens with zero attached hydrogens (tertiary/aromatic N) is 1. The molecule has 6 heteroatoms. The summed E-state index contributed by atoms with van der Waals surface area (Å²) in [7, 11) is 0. The SMILES string of the molecule is CCNC(CCC(F)(F)F)Cc1cncs1. The lowest BCUT2D eigenvalue weighted by atomic mass is 10.1. The highest BCUT2D eigenvalue weighted by molar-refractivity contribution is 7.09. The van der Waals surface area contributed by atoms with Gasteiger partial charge in [0.1, 0.15) is 0 Å². The first-order chi connectivity index (χ1) is 7.51. The molecule has 0 saturated carbocycles. The maximum atomic E-state index is 12.1. The van der Waals surface area contributed by atoms with Gasteiger partial charge >= 0.3 is 6.18 Å². The van der Waals surface area contributed by atoms with E-state index in [1.54, 1.807) is 11.7 Å². The number of likely N-dealkylation sites (N-methyl/N-ethyl adjacent to an activating group) is 1. The quantitative estimate of drug-likeness (QED) is 0.841. The molecule has 2 nitrogen and oxygen atoms in total. The number of hydrogen-bond acceptors (Lipinski definition) is 3. The first-order valence-corrected chi connectivity index (χ1v) is 6.06. The van der Waals surface area contributed by atoms with E-state index in [2.05, 4.69) is 10.3 Å². The van der Waals surface area contributed by atoms with Gasteiger partial charge in [-0.05, 0) is 19.4 Å². The zero-order valence-corrected chi connectivity index (χ0v) is 9.87. The highest BCUT2D eigenvalue weighted by Crippen LogP contribution is 2.23. The lowest BCUT2D eigenvalue weighted by Crippen LogP contribution is -2.32. The maximum absolute atomic E-state index is 12.1. The molecule has 0 aliphatic carbocycles. The minimum atomic E-state index is -4.07. The number of rotatable bonds is 6. The molecule has 16 heavy (non-hydrogen) atoms. The molecule has 1 unspecified atom stereocenters. The average Bonchev–Trinajstić information content (AvgIpc) is 2.66. The van der Waals surface area contributed by atoms with E-state index in [0.29, 0.717) is 13.0 Å². The summed E-state index contributed by atoms with van der Waals surface area (Å²) in [4.78, 5) is 4.93. The van der Waals surface area contributed by atoms with Crippen LogP contribution in [0.4, 0.5) is 13.2 Å². The highest BCUT2D eigenvalue weighted by Gasteiger charge is 2.28. The molecule has 92 valence electrons. The molecule has 0 saturated heterocycles. The molecule has 0 aromatic carbocycles. The molecule has 0 aliphatic heterocycles. The molecule has 0 aliphatic rings. The van der Waals surface area contributed by atoms with Crippen LogP contribution in [0.2, 0.25) is 0 Å². The van der Waals surface area contributed by atoms with Crippen molar-refractivity contribution >= 4 is 11.3 Å². The van der Waals surface area contributed by atoms with Crippen molar-refractivity contribution in [3.05, 3.63) is 16.6 Å². The third-order valence-electron chi connectivity index (χ3n) is 2.20.